The first kappa shape index (κ1) is 11.8. The molecule has 2 rings (SSSR count). The third-order valence-corrected chi connectivity index (χ3v) is 2.69. The number of ketones is 1. The Morgan fingerprint density at radius 3 is 3.00 bits per heavy atom. The van der Waals surface area contributed by atoms with Crippen LogP contribution in [0.25, 0.3) is 11.0 Å². The standard InChI is InChI=1S/C13H14FNO2/c1-3-15-8(2)12(16)10-6-9-4-5-17-13(9)11(14)7-10/h4-8,15H,3H2,1-2H3/t8-/m0/s1. The van der Waals surface area contributed by atoms with Crippen LogP contribution in [0.1, 0.15) is 24.2 Å². The normalized spacial score (nSPS) is 12.9. The van der Waals surface area contributed by atoms with Crippen LogP contribution >= 0.6 is 0 Å². The number of hydrogen-bond acceptors (Lipinski definition) is 3. The number of carbonyl (C=O) groups excluding carboxylic acids is 1. The van der Waals surface area contributed by atoms with E-state index in [0.29, 0.717) is 17.5 Å². The zero-order chi connectivity index (χ0) is 12.4. The van der Waals surface area contributed by atoms with Crippen LogP contribution in [-0.2, 0) is 0 Å². The van der Waals surface area contributed by atoms with Crippen molar-refractivity contribution in [3.8, 4) is 0 Å². The number of benzene rings is 1. The van der Waals surface area contributed by atoms with E-state index < -0.39 is 5.82 Å². The zero-order valence-electron chi connectivity index (χ0n) is 9.79. The highest BCUT2D eigenvalue weighted by Gasteiger charge is 2.17. The summed E-state index contributed by atoms with van der Waals surface area (Å²) >= 11 is 0. The molecule has 0 saturated heterocycles. The van der Waals surface area contributed by atoms with Gasteiger partial charge in [0.15, 0.2) is 17.2 Å². The molecule has 3 nitrogen and oxygen atoms in total. The molecule has 0 amide bonds. The van der Waals surface area contributed by atoms with E-state index in [1.807, 2.05) is 6.92 Å². The SMILES string of the molecule is CCN[C@@H](C)C(=O)c1cc(F)c2occc2c1. The van der Waals surface area contributed by atoms with Crippen molar-refractivity contribution in [2.45, 2.75) is 19.9 Å². The quantitative estimate of drug-likeness (QED) is 0.828. The lowest BCUT2D eigenvalue weighted by atomic mass is 10.0. The van der Waals surface area contributed by atoms with Crippen molar-refractivity contribution in [2.75, 3.05) is 6.54 Å². The van der Waals surface area contributed by atoms with Gasteiger partial charge in [0.05, 0.1) is 12.3 Å². The Morgan fingerprint density at radius 1 is 1.53 bits per heavy atom. The second-order valence-corrected chi connectivity index (χ2v) is 3.94. The van der Waals surface area contributed by atoms with E-state index in [2.05, 4.69) is 5.32 Å². The van der Waals surface area contributed by atoms with Crippen LogP contribution in [0.15, 0.2) is 28.9 Å². The van der Waals surface area contributed by atoms with Crippen molar-refractivity contribution in [3.05, 3.63) is 35.8 Å². The van der Waals surface area contributed by atoms with Gasteiger partial charge in [-0.2, -0.15) is 0 Å². The number of furan rings is 1. The fraction of sp³-hybridized carbons (Fsp3) is 0.308. The summed E-state index contributed by atoms with van der Waals surface area (Å²) in [6.07, 6.45) is 1.41. The molecule has 2 aromatic rings. The molecule has 1 N–H and O–H groups in total. The van der Waals surface area contributed by atoms with Crippen LogP contribution in [0.4, 0.5) is 4.39 Å². The van der Waals surface area contributed by atoms with Gasteiger partial charge in [-0.1, -0.05) is 6.92 Å². The lowest BCUT2D eigenvalue weighted by molar-refractivity contribution is 0.0951. The molecule has 17 heavy (non-hydrogen) atoms. The summed E-state index contributed by atoms with van der Waals surface area (Å²) in [6.45, 7) is 4.39. The molecule has 90 valence electrons. The maximum absolute atomic E-state index is 13.6. The largest absolute Gasteiger partial charge is 0.461 e. The minimum Gasteiger partial charge on any atom is -0.461 e. The molecule has 0 unspecified atom stereocenters. The topological polar surface area (TPSA) is 42.2 Å². The zero-order valence-corrected chi connectivity index (χ0v) is 9.79. The lowest BCUT2D eigenvalue weighted by Gasteiger charge is -2.11. The number of likely N-dealkylation sites (N-methyl/N-ethyl adjacent to an activating group) is 1. The summed E-state index contributed by atoms with van der Waals surface area (Å²) in [7, 11) is 0. The number of hydrogen-bond donors (Lipinski definition) is 1. The summed E-state index contributed by atoms with van der Waals surface area (Å²) < 4.78 is 18.6. The Morgan fingerprint density at radius 2 is 2.29 bits per heavy atom. The molecule has 0 aliphatic rings. The maximum Gasteiger partial charge on any atom is 0.179 e. The van der Waals surface area contributed by atoms with Crippen LogP contribution in [-0.4, -0.2) is 18.4 Å². The summed E-state index contributed by atoms with van der Waals surface area (Å²) in [5.41, 5.74) is 0.558. The molecule has 1 heterocycles. The molecule has 0 aliphatic heterocycles. The highest BCUT2D eigenvalue weighted by Crippen LogP contribution is 2.21. The number of nitrogens with one attached hydrogen (secondary N) is 1. The van der Waals surface area contributed by atoms with E-state index in [4.69, 9.17) is 4.42 Å². The van der Waals surface area contributed by atoms with Gasteiger partial charge in [-0.05, 0) is 31.7 Å². The molecular formula is C13H14FNO2. The molecule has 0 saturated carbocycles. The molecular weight excluding hydrogens is 221 g/mol. The van der Waals surface area contributed by atoms with Gasteiger partial charge in [-0.15, -0.1) is 0 Å². The van der Waals surface area contributed by atoms with Gasteiger partial charge >= 0.3 is 0 Å². The fourth-order valence-electron chi connectivity index (χ4n) is 1.83. The van der Waals surface area contributed by atoms with Crippen LogP contribution in [0.2, 0.25) is 0 Å². The molecule has 0 spiro atoms. The highest BCUT2D eigenvalue weighted by molar-refractivity contribution is 6.02. The number of Topliss-reactive ketones (excluding diaryl/α,β-unsaturated/α-hetero) is 1. The van der Waals surface area contributed by atoms with Gasteiger partial charge in [0.2, 0.25) is 0 Å². The molecule has 4 heteroatoms. The number of halogens is 1. The molecule has 0 fully saturated rings. The summed E-state index contributed by atoms with van der Waals surface area (Å²) in [5.74, 6) is -0.617. The van der Waals surface area contributed by atoms with Gasteiger partial charge in [0, 0.05) is 10.9 Å². The second-order valence-electron chi connectivity index (χ2n) is 3.94. The third kappa shape index (κ3) is 2.22. The molecule has 0 radical (unpaired) electrons. The Balaban J connectivity index is 2.38. The average molecular weight is 235 g/mol. The first-order valence-electron chi connectivity index (χ1n) is 5.58. The van der Waals surface area contributed by atoms with Crippen molar-refractivity contribution in [3.63, 3.8) is 0 Å². The first-order chi connectivity index (χ1) is 8.13. The minimum atomic E-state index is -0.500. The Hall–Kier alpha value is -1.68. The first-order valence-corrected chi connectivity index (χ1v) is 5.58. The van der Waals surface area contributed by atoms with Crippen LogP contribution in [0.3, 0.4) is 0 Å². The van der Waals surface area contributed by atoms with Gasteiger partial charge in [-0.3, -0.25) is 4.79 Å². The van der Waals surface area contributed by atoms with Crippen molar-refractivity contribution in [1.82, 2.24) is 5.32 Å². The Labute approximate surface area is 98.6 Å². The van der Waals surface area contributed by atoms with E-state index in [-0.39, 0.29) is 17.4 Å². The van der Waals surface area contributed by atoms with E-state index in [1.165, 1.54) is 12.3 Å². The van der Waals surface area contributed by atoms with Gasteiger partial charge in [0.25, 0.3) is 0 Å². The smallest absolute Gasteiger partial charge is 0.179 e. The van der Waals surface area contributed by atoms with Gasteiger partial charge in [-0.25, -0.2) is 4.39 Å². The predicted molar refractivity (Wildman–Crippen MR) is 63.6 cm³/mol. The molecule has 0 aliphatic carbocycles. The molecule has 1 aromatic heterocycles. The average Bonchev–Trinajstić information content (AvgIpc) is 2.77. The number of fused-ring (bicyclic) bond motifs is 1. The third-order valence-electron chi connectivity index (χ3n) is 2.69. The monoisotopic (exact) mass is 235 g/mol. The van der Waals surface area contributed by atoms with Crippen molar-refractivity contribution >= 4 is 16.8 Å². The fourth-order valence-corrected chi connectivity index (χ4v) is 1.83. The summed E-state index contributed by atoms with van der Waals surface area (Å²) in [4.78, 5) is 12.0. The van der Waals surface area contributed by atoms with E-state index in [1.54, 1.807) is 19.1 Å². The molecule has 0 bridgehead atoms. The van der Waals surface area contributed by atoms with Crippen LogP contribution in [0, 0.1) is 5.82 Å². The molecule has 1 aromatic carbocycles. The number of rotatable bonds is 4. The lowest BCUT2D eigenvalue weighted by Crippen LogP contribution is -2.33. The number of carbonyl (C=O) groups is 1. The second kappa shape index (κ2) is 4.67. The van der Waals surface area contributed by atoms with Crippen molar-refractivity contribution < 1.29 is 13.6 Å². The van der Waals surface area contributed by atoms with E-state index in [0.717, 1.165) is 0 Å². The summed E-state index contributed by atoms with van der Waals surface area (Å²) in [5, 5.41) is 3.62. The Kier molecular flexibility index (Phi) is 3.24. The predicted octanol–water partition coefficient (Wildman–Crippen LogP) is 2.75. The van der Waals surface area contributed by atoms with Crippen LogP contribution < -0.4 is 5.32 Å². The molecule has 1 atom stereocenters. The maximum atomic E-state index is 13.6. The minimum absolute atomic E-state index is 0.117. The summed E-state index contributed by atoms with van der Waals surface area (Å²) in [6, 6.07) is 4.21. The highest BCUT2D eigenvalue weighted by atomic mass is 19.1. The van der Waals surface area contributed by atoms with Gasteiger partial charge in [0.1, 0.15) is 0 Å². The van der Waals surface area contributed by atoms with Gasteiger partial charge < -0.3 is 9.73 Å². The van der Waals surface area contributed by atoms with Crippen molar-refractivity contribution in [2.24, 2.45) is 0 Å². The van der Waals surface area contributed by atoms with E-state index >= 15 is 0 Å². The Bertz CT molecular complexity index is 547. The van der Waals surface area contributed by atoms with Crippen molar-refractivity contribution in [1.29, 1.82) is 0 Å². The van der Waals surface area contributed by atoms with E-state index in [9.17, 15) is 9.18 Å². The van der Waals surface area contributed by atoms with Crippen LogP contribution in [0.5, 0.6) is 0 Å².